The lowest BCUT2D eigenvalue weighted by Crippen LogP contribution is -2.25. The van der Waals surface area contributed by atoms with Gasteiger partial charge in [0.25, 0.3) is 5.56 Å². The van der Waals surface area contributed by atoms with Crippen molar-refractivity contribution in [2.24, 2.45) is 0 Å². The van der Waals surface area contributed by atoms with Crippen LogP contribution in [0.4, 0.5) is 0 Å². The summed E-state index contributed by atoms with van der Waals surface area (Å²) in [4.78, 5) is 27.1. The lowest BCUT2D eigenvalue weighted by atomic mass is 10.0. The summed E-state index contributed by atoms with van der Waals surface area (Å²) >= 11 is 0. The predicted molar refractivity (Wildman–Crippen MR) is 147 cm³/mol. The Labute approximate surface area is 220 Å². The smallest absolute Gasteiger partial charge is 0.278 e. The molecule has 0 aliphatic heterocycles. The third kappa shape index (κ3) is 4.75. The van der Waals surface area contributed by atoms with Crippen LogP contribution in [0, 0.1) is 0 Å². The van der Waals surface area contributed by atoms with E-state index in [2.05, 4.69) is 15.0 Å². The molecule has 0 saturated heterocycles. The van der Waals surface area contributed by atoms with E-state index in [0.29, 0.717) is 23.3 Å². The van der Waals surface area contributed by atoms with Crippen LogP contribution in [0.3, 0.4) is 0 Å². The molecule has 0 spiro atoms. The Kier molecular flexibility index (Phi) is 6.56. The Morgan fingerprint density at radius 1 is 0.921 bits per heavy atom. The number of aromatic nitrogens is 4. The van der Waals surface area contributed by atoms with Crippen LogP contribution in [0.2, 0.25) is 0 Å². The molecule has 3 aromatic heterocycles. The molecule has 0 atom stereocenters. The van der Waals surface area contributed by atoms with Crippen LogP contribution in [0.25, 0.3) is 28.0 Å². The first-order chi connectivity index (χ1) is 18.7. The molecule has 0 radical (unpaired) electrons. The van der Waals surface area contributed by atoms with Gasteiger partial charge in [0.1, 0.15) is 11.2 Å². The van der Waals surface area contributed by atoms with Crippen LogP contribution < -0.4 is 15.0 Å². The zero-order valence-corrected chi connectivity index (χ0v) is 21.2. The van der Waals surface area contributed by atoms with Gasteiger partial charge < -0.3 is 9.47 Å². The molecular formula is C31H28N4O3. The highest BCUT2D eigenvalue weighted by atomic mass is 16.5. The second kappa shape index (κ2) is 10.5. The summed E-state index contributed by atoms with van der Waals surface area (Å²) in [7, 11) is 1.66. The van der Waals surface area contributed by atoms with Gasteiger partial charge in [0.15, 0.2) is 17.1 Å². The monoisotopic (exact) mass is 504 g/mol. The maximum atomic E-state index is 13.8. The van der Waals surface area contributed by atoms with Crippen molar-refractivity contribution in [2.45, 2.75) is 38.2 Å². The quantitative estimate of drug-likeness (QED) is 0.280. The molecule has 190 valence electrons. The van der Waals surface area contributed by atoms with Gasteiger partial charge in [-0.1, -0.05) is 24.3 Å². The van der Waals surface area contributed by atoms with Gasteiger partial charge in [0, 0.05) is 25.0 Å². The average molecular weight is 505 g/mol. The summed E-state index contributed by atoms with van der Waals surface area (Å²) in [6, 6.07) is 21.4. The second-order valence-corrected chi connectivity index (χ2v) is 9.52. The molecule has 0 unspecified atom stereocenters. The second-order valence-electron chi connectivity index (χ2n) is 9.52. The molecule has 0 N–H and O–H groups in total. The zero-order chi connectivity index (χ0) is 25.9. The number of methoxy groups -OCH3 is 1. The van der Waals surface area contributed by atoms with E-state index in [-0.39, 0.29) is 11.7 Å². The van der Waals surface area contributed by atoms with Crippen molar-refractivity contribution in [2.75, 3.05) is 7.11 Å². The van der Waals surface area contributed by atoms with E-state index < -0.39 is 0 Å². The highest BCUT2D eigenvalue weighted by molar-refractivity contribution is 5.74. The standard InChI is InChI=1S/C31H28N4O3/c1-37-28-14-13-23(19-29(28)38-25-10-2-3-11-25)22-8-4-9-24(18-22)35-30-26(12-6-16-33-30)34-27(31(35)36)17-21-7-5-15-32-20-21/h4-9,12-16,18-20,25H,2-3,10-11,17H2,1H3. The minimum Gasteiger partial charge on any atom is -0.493 e. The van der Waals surface area contributed by atoms with E-state index >= 15 is 0 Å². The summed E-state index contributed by atoms with van der Waals surface area (Å²) in [5.41, 5.74) is 5.02. The van der Waals surface area contributed by atoms with E-state index in [1.807, 2.05) is 66.7 Å². The number of benzene rings is 2. The van der Waals surface area contributed by atoms with Crippen molar-refractivity contribution in [3.8, 4) is 28.3 Å². The van der Waals surface area contributed by atoms with Gasteiger partial charge in [-0.05, 0) is 84.8 Å². The van der Waals surface area contributed by atoms with E-state index in [9.17, 15) is 4.79 Å². The van der Waals surface area contributed by atoms with Gasteiger partial charge in [-0.2, -0.15) is 0 Å². The number of hydrogen-bond acceptors (Lipinski definition) is 6. The van der Waals surface area contributed by atoms with Crippen molar-refractivity contribution in [3.05, 3.63) is 107 Å². The first kappa shape index (κ1) is 23.9. The third-order valence-electron chi connectivity index (χ3n) is 6.97. The largest absolute Gasteiger partial charge is 0.493 e. The minimum atomic E-state index is -0.197. The highest BCUT2D eigenvalue weighted by Crippen LogP contribution is 2.36. The van der Waals surface area contributed by atoms with Gasteiger partial charge in [-0.15, -0.1) is 0 Å². The van der Waals surface area contributed by atoms with Crippen LogP contribution in [0.1, 0.15) is 36.9 Å². The molecule has 7 nitrogen and oxygen atoms in total. The van der Waals surface area contributed by atoms with Gasteiger partial charge in [0.2, 0.25) is 0 Å². The molecule has 0 bridgehead atoms. The molecule has 6 rings (SSSR count). The minimum absolute atomic E-state index is 0.197. The number of rotatable bonds is 7. The normalized spacial score (nSPS) is 13.6. The fourth-order valence-corrected chi connectivity index (χ4v) is 5.08. The molecular weight excluding hydrogens is 476 g/mol. The Balaban J connectivity index is 1.43. The molecule has 38 heavy (non-hydrogen) atoms. The van der Waals surface area contributed by atoms with Gasteiger partial charge >= 0.3 is 0 Å². The first-order valence-corrected chi connectivity index (χ1v) is 12.9. The molecule has 1 fully saturated rings. The first-order valence-electron chi connectivity index (χ1n) is 12.9. The molecule has 0 amide bonds. The fourth-order valence-electron chi connectivity index (χ4n) is 5.08. The topological polar surface area (TPSA) is 79.1 Å². The zero-order valence-electron chi connectivity index (χ0n) is 21.2. The van der Waals surface area contributed by atoms with Gasteiger partial charge in [-0.3, -0.25) is 14.3 Å². The van der Waals surface area contributed by atoms with Gasteiger partial charge in [-0.25, -0.2) is 9.97 Å². The fraction of sp³-hybridized carbons (Fsp3) is 0.226. The summed E-state index contributed by atoms with van der Waals surface area (Å²) in [5.74, 6) is 1.46. The molecule has 7 heteroatoms. The van der Waals surface area contributed by atoms with E-state index in [4.69, 9.17) is 9.47 Å². The third-order valence-corrected chi connectivity index (χ3v) is 6.97. The van der Waals surface area contributed by atoms with E-state index in [1.54, 1.807) is 30.3 Å². The summed E-state index contributed by atoms with van der Waals surface area (Å²) in [5, 5.41) is 0. The van der Waals surface area contributed by atoms with Crippen molar-refractivity contribution < 1.29 is 9.47 Å². The number of nitrogens with zero attached hydrogens (tertiary/aromatic N) is 4. The summed E-state index contributed by atoms with van der Waals surface area (Å²) in [6.45, 7) is 0. The number of fused-ring (bicyclic) bond motifs is 1. The van der Waals surface area contributed by atoms with Crippen LogP contribution >= 0.6 is 0 Å². The maximum Gasteiger partial charge on any atom is 0.278 e. The summed E-state index contributed by atoms with van der Waals surface area (Å²) in [6.07, 6.45) is 10.3. The van der Waals surface area contributed by atoms with Gasteiger partial charge in [0.05, 0.1) is 18.9 Å². The van der Waals surface area contributed by atoms with Crippen LogP contribution in [-0.2, 0) is 6.42 Å². The number of hydrogen-bond donors (Lipinski definition) is 0. The highest BCUT2D eigenvalue weighted by Gasteiger charge is 2.19. The van der Waals surface area contributed by atoms with Crippen molar-refractivity contribution in [1.82, 2.24) is 19.5 Å². The Hall–Kier alpha value is -4.52. The number of pyridine rings is 2. The Bertz CT molecular complexity index is 1640. The van der Waals surface area contributed by atoms with Crippen molar-refractivity contribution >= 4 is 11.2 Å². The van der Waals surface area contributed by atoms with E-state index in [0.717, 1.165) is 46.7 Å². The van der Waals surface area contributed by atoms with Crippen molar-refractivity contribution in [1.29, 1.82) is 0 Å². The van der Waals surface area contributed by atoms with E-state index in [1.165, 1.54) is 12.8 Å². The Morgan fingerprint density at radius 2 is 1.76 bits per heavy atom. The molecule has 1 aliphatic carbocycles. The van der Waals surface area contributed by atoms with Crippen molar-refractivity contribution in [3.63, 3.8) is 0 Å². The molecule has 5 aromatic rings. The van der Waals surface area contributed by atoms with Crippen LogP contribution in [0.15, 0.2) is 90.1 Å². The number of ether oxygens (including phenoxy) is 2. The lowest BCUT2D eigenvalue weighted by molar-refractivity contribution is 0.201. The lowest BCUT2D eigenvalue weighted by Gasteiger charge is -2.17. The SMILES string of the molecule is COc1ccc(-c2cccc(-n3c(=O)c(Cc4cccnc4)nc4cccnc43)c2)cc1OC1CCCC1. The molecule has 2 aromatic carbocycles. The van der Waals surface area contributed by atoms with Crippen LogP contribution in [0.5, 0.6) is 11.5 Å². The maximum absolute atomic E-state index is 13.8. The Morgan fingerprint density at radius 3 is 2.58 bits per heavy atom. The molecule has 1 saturated carbocycles. The molecule has 3 heterocycles. The summed E-state index contributed by atoms with van der Waals surface area (Å²) < 4.78 is 13.5. The average Bonchev–Trinajstić information content (AvgIpc) is 3.47. The molecule has 1 aliphatic rings. The predicted octanol–water partition coefficient (Wildman–Crippen LogP) is 5.76. The van der Waals surface area contributed by atoms with Crippen LogP contribution in [-0.4, -0.2) is 32.7 Å².